The van der Waals surface area contributed by atoms with Gasteiger partial charge in [-0.3, -0.25) is 11.3 Å². The third-order valence-corrected chi connectivity index (χ3v) is 5.32. The first-order valence-corrected chi connectivity index (χ1v) is 8.56. The maximum atomic E-state index is 5.76. The molecule has 19 heavy (non-hydrogen) atoms. The van der Waals surface area contributed by atoms with Crippen LogP contribution in [0.15, 0.2) is 11.6 Å². The highest BCUT2D eigenvalue weighted by Gasteiger charge is 2.27. The van der Waals surface area contributed by atoms with E-state index >= 15 is 0 Å². The number of nitrogens with zero attached hydrogens (tertiary/aromatic N) is 1. The van der Waals surface area contributed by atoms with Gasteiger partial charge in [-0.2, -0.15) is 0 Å². The Bertz CT molecular complexity index is 331. The summed E-state index contributed by atoms with van der Waals surface area (Å²) in [6, 6.07) is 0.401. The van der Waals surface area contributed by atoms with Crippen molar-refractivity contribution in [2.75, 3.05) is 0 Å². The number of hydrazine groups is 1. The van der Waals surface area contributed by atoms with E-state index in [0.29, 0.717) is 6.04 Å². The molecule has 0 aliphatic heterocycles. The predicted molar refractivity (Wildman–Crippen MR) is 81.9 cm³/mol. The molecule has 1 saturated carbocycles. The second-order valence-electron chi connectivity index (χ2n) is 5.83. The standard InChI is InChI=1S/C15H27N3S/c1-2-3-4-12-5-7-13(8-6-12)14(18-16)11-15-17-9-10-19-15/h9-10,12-14,18H,2-8,11,16H2,1H3. The van der Waals surface area contributed by atoms with Crippen LogP contribution in [0.5, 0.6) is 0 Å². The van der Waals surface area contributed by atoms with Gasteiger partial charge in [0.15, 0.2) is 0 Å². The minimum Gasteiger partial charge on any atom is -0.271 e. The van der Waals surface area contributed by atoms with Crippen LogP contribution >= 0.6 is 11.3 Å². The molecule has 3 N–H and O–H groups in total. The second kappa shape index (κ2) is 7.98. The van der Waals surface area contributed by atoms with Crippen LogP contribution < -0.4 is 11.3 Å². The third-order valence-electron chi connectivity index (χ3n) is 4.52. The van der Waals surface area contributed by atoms with Crippen molar-refractivity contribution < 1.29 is 0 Å². The molecule has 1 heterocycles. The highest BCUT2D eigenvalue weighted by atomic mass is 32.1. The Morgan fingerprint density at radius 3 is 2.79 bits per heavy atom. The zero-order valence-electron chi connectivity index (χ0n) is 12.0. The Hall–Kier alpha value is -0.450. The number of aromatic nitrogens is 1. The molecule has 108 valence electrons. The summed E-state index contributed by atoms with van der Waals surface area (Å²) in [5.41, 5.74) is 3.03. The van der Waals surface area contributed by atoms with E-state index in [0.717, 1.165) is 18.3 Å². The van der Waals surface area contributed by atoms with E-state index in [1.165, 1.54) is 50.0 Å². The van der Waals surface area contributed by atoms with Crippen molar-refractivity contribution in [2.24, 2.45) is 17.7 Å². The number of nitrogens with two attached hydrogens (primary N) is 1. The van der Waals surface area contributed by atoms with Crippen molar-refractivity contribution in [3.8, 4) is 0 Å². The predicted octanol–water partition coefficient (Wildman–Crippen LogP) is 3.51. The van der Waals surface area contributed by atoms with Gasteiger partial charge < -0.3 is 0 Å². The van der Waals surface area contributed by atoms with Crippen molar-refractivity contribution in [2.45, 2.75) is 64.3 Å². The lowest BCUT2D eigenvalue weighted by atomic mass is 9.76. The first kappa shape index (κ1) is 14.9. The van der Waals surface area contributed by atoms with Gasteiger partial charge in [-0.05, 0) is 24.7 Å². The summed E-state index contributed by atoms with van der Waals surface area (Å²) < 4.78 is 0. The Morgan fingerprint density at radius 1 is 1.42 bits per heavy atom. The van der Waals surface area contributed by atoms with Gasteiger partial charge in [0.1, 0.15) is 0 Å². The quantitative estimate of drug-likeness (QED) is 0.594. The van der Waals surface area contributed by atoms with Gasteiger partial charge in [0.25, 0.3) is 0 Å². The van der Waals surface area contributed by atoms with Gasteiger partial charge in [0.2, 0.25) is 0 Å². The van der Waals surface area contributed by atoms with Crippen molar-refractivity contribution in [1.82, 2.24) is 10.4 Å². The number of unbranched alkanes of at least 4 members (excludes halogenated alkanes) is 1. The minimum absolute atomic E-state index is 0.401. The fourth-order valence-corrected chi connectivity index (χ4v) is 3.95. The molecule has 0 bridgehead atoms. The van der Waals surface area contributed by atoms with E-state index in [1.54, 1.807) is 11.3 Å². The monoisotopic (exact) mass is 281 g/mol. The minimum atomic E-state index is 0.401. The molecule has 1 aliphatic carbocycles. The molecule has 0 spiro atoms. The van der Waals surface area contributed by atoms with Crippen LogP contribution in [-0.4, -0.2) is 11.0 Å². The average Bonchev–Trinajstić information content (AvgIpc) is 2.96. The van der Waals surface area contributed by atoms with Crippen molar-refractivity contribution in [1.29, 1.82) is 0 Å². The summed E-state index contributed by atoms with van der Waals surface area (Å²) >= 11 is 1.74. The summed E-state index contributed by atoms with van der Waals surface area (Å²) in [7, 11) is 0. The molecule has 1 aliphatic rings. The normalized spacial score (nSPS) is 25.4. The van der Waals surface area contributed by atoms with E-state index < -0.39 is 0 Å². The van der Waals surface area contributed by atoms with Gasteiger partial charge in [-0.1, -0.05) is 39.0 Å². The SMILES string of the molecule is CCCCC1CCC(C(Cc2nccs2)NN)CC1. The molecule has 1 aromatic rings. The Morgan fingerprint density at radius 2 is 2.21 bits per heavy atom. The summed E-state index contributed by atoms with van der Waals surface area (Å²) in [4.78, 5) is 4.38. The Labute approximate surface area is 121 Å². The lowest BCUT2D eigenvalue weighted by Gasteiger charge is -2.33. The molecule has 0 amide bonds. The fourth-order valence-electron chi connectivity index (χ4n) is 3.28. The van der Waals surface area contributed by atoms with Crippen molar-refractivity contribution in [3.05, 3.63) is 16.6 Å². The summed E-state index contributed by atoms with van der Waals surface area (Å²) in [5, 5.41) is 3.25. The van der Waals surface area contributed by atoms with E-state index in [2.05, 4.69) is 17.3 Å². The van der Waals surface area contributed by atoms with Crippen LogP contribution in [-0.2, 0) is 6.42 Å². The fraction of sp³-hybridized carbons (Fsp3) is 0.800. The summed E-state index contributed by atoms with van der Waals surface area (Å²) in [6.45, 7) is 2.29. The van der Waals surface area contributed by atoms with Crippen LogP contribution in [0.4, 0.5) is 0 Å². The largest absolute Gasteiger partial charge is 0.271 e. The molecule has 3 nitrogen and oxygen atoms in total. The molecular weight excluding hydrogens is 254 g/mol. The van der Waals surface area contributed by atoms with E-state index in [4.69, 9.17) is 5.84 Å². The average molecular weight is 281 g/mol. The molecule has 1 aromatic heterocycles. The van der Waals surface area contributed by atoms with Crippen molar-refractivity contribution in [3.63, 3.8) is 0 Å². The maximum absolute atomic E-state index is 5.76. The molecule has 1 fully saturated rings. The third kappa shape index (κ3) is 4.55. The van der Waals surface area contributed by atoms with Crippen LogP contribution in [0.2, 0.25) is 0 Å². The Kier molecular flexibility index (Phi) is 6.28. The lowest BCUT2D eigenvalue weighted by Crippen LogP contribution is -2.43. The molecule has 2 rings (SSSR count). The number of thiazole rings is 1. The van der Waals surface area contributed by atoms with Gasteiger partial charge in [-0.15, -0.1) is 11.3 Å². The maximum Gasteiger partial charge on any atom is 0.0940 e. The number of hydrogen-bond donors (Lipinski definition) is 2. The summed E-state index contributed by atoms with van der Waals surface area (Å²) in [6.07, 6.45) is 12.5. The van der Waals surface area contributed by atoms with Crippen LogP contribution in [0, 0.1) is 11.8 Å². The first-order chi connectivity index (χ1) is 9.33. The molecule has 0 saturated heterocycles. The van der Waals surface area contributed by atoms with Gasteiger partial charge >= 0.3 is 0 Å². The smallest absolute Gasteiger partial charge is 0.0940 e. The molecule has 1 atom stereocenters. The lowest BCUT2D eigenvalue weighted by molar-refractivity contribution is 0.211. The number of nitrogens with one attached hydrogen (secondary N) is 1. The second-order valence-corrected chi connectivity index (χ2v) is 6.81. The van der Waals surface area contributed by atoms with Crippen molar-refractivity contribution >= 4 is 11.3 Å². The van der Waals surface area contributed by atoms with E-state index in [-0.39, 0.29) is 0 Å². The zero-order valence-corrected chi connectivity index (χ0v) is 12.8. The molecule has 1 unspecified atom stereocenters. The molecule has 0 radical (unpaired) electrons. The van der Waals surface area contributed by atoms with E-state index in [9.17, 15) is 0 Å². The van der Waals surface area contributed by atoms with Gasteiger partial charge in [0.05, 0.1) is 5.01 Å². The summed E-state index contributed by atoms with van der Waals surface area (Å²) in [5.74, 6) is 7.46. The number of rotatable bonds is 7. The molecular formula is C15H27N3S. The topological polar surface area (TPSA) is 50.9 Å². The van der Waals surface area contributed by atoms with Crippen LogP contribution in [0.25, 0.3) is 0 Å². The Balaban J connectivity index is 1.78. The highest BCUT2D eigenvalue weighted by molar-refractivity contribution is 7.09. The first-order valence-electron chi connectivity index (χ1n) is 7.68. The zero-order chi connectivity index (χ0) is 13.5. The van der Waals surface area contributed by atoms with Crippen LogP contribution in [0.1, 0.15) is 56.9 Å². The highest BCUT2D eigenvalue weighted by Crippen LogP contribution is 2.34. The van der Waals surface area contributed by atoms with Gasteiger partial charge in [0, 0.05) is 24.0 Å². The van der Waals surface area contributed by atoms with Gasteiger partial charge in [-0.25, -0.2) is 4.98 Å². The molecule has 0 aromatic carbocycles. The molecule has 4 heteroatoms. The number of hydrogen-bond acceptors (Lipinski definition) is 4. The van der Waals surface area contributed by atoms with E-state index in [1.807, 2.05) is 11.6 Å². The van der Waals surface area contributed by atoms with Crippen LogP contribution in [0.3, 0.4) is 0 Å².